The quantitative estimate of drug-likeness (QED) is 0.466. The van der Waals surface area contributed by atoms with Gasteiger partial charge in [-0.1, -0.05) is 28.7 Å². The molecule has 0 fully saturated rings. The van der Waals surface area contributed by atoms with E-state index in [0.717, 1.165) is 28.7 Å². The van der Waals surface area contributed by atoms with E-state index in [-0.39, 0.29) is 18.3 Å². The molecular weight excluding hydrogens is 391 g/mol. The predicted octanol–water partition coefficient (Wildman–Crippen LogP) is 3.17. The Morgan fingerprint density at radius 3 is 2.79 bits per heavy atom. The van der Waals surface area contributed by atoms with E-state index in [2.05, 4.69) is 20.2 Å². The number of amides is 1. The van der Waals surface area contributed by atoms with Crippen molar-refractivity contribution in [3.05, 3.63) is 48.3 Å². The number of anilines is 1. The molecule has 29 heavy (non-hydrogen) atoms. The molecule has 2 aromatic carbocycles. The van der Waals surface area contributed by atoms with Crippen molar-refractivity contribution in [2.75, 3.05) is 32.1 Å². The standard InChI is InChI=1S/C20H21FN6OS/c1-25(2)10-5-11-26(20-22-16-9-8-14(21)12-18(16)29-20)19(28)13-27-17-7-4-3-6-15(17)23-24-27/h3-4,6-9,12H,5,10-11,13H2,1-2H3. The van der Waals surface area contributed by atoms with E-state index in [1.807, 2.05) is 38.4 Å². The van der Waals surface area contributed by atoms with Crippen LogP contribution in [-0.4, -0.2) is 58.0 Å². The summed E-state index contributed by atoms with van der Waals surface area (Å²) in [5.41, 5.74) is 2.23. The van der Waals surface area contributed by atoms with Crippen molar-refractivity contribution >= 4 is 43.6 Å². The molecule has 0 bridgehead atoms. The minimum atomic E-state index is -0.313. The molecule has 0 saturated carbocycles. The molecule has 0 atom stereocenters. The van der Waals surface area contributed by atoms with E-state index in [4.69, 9.17) is 0 Å². The van der Waals surface area contributed by atoms with Crippen molar-refractivity contribution in [1.82, 2.24) is 24.9 Å². The molecular formula is C20H21FN6OS. The molecule has 4 aromatic rings. The van der Waals surface area contributed by atoms with Gasteiger partial charge in [-0.25, -0.2) is 14.1 Å². The molecule has 0 aliphatic carbocycles. The third-order valence-electron chi connectivity index (χ3n) is 4.56. The maximum atomic E-state index is 13.6. The molecule has 4 rings (SSSR count). The topological polar surface area (TPSA) is 67.2 Å². The number of halogens is 1. The Morgan fingerprint density at radius 2 is 1.97 bits per heavy atom. The Balaban J connectivity index is 1.62. The lowest BCUT2D eigenvalue weighted by molar-refractivity contribution is -0.119. The second kappa shape index (κ2) is 8.22. The molecule has 0 N–H and O–H groups in total. The molecule has 0 aliphatic rings. The van der Waals surface area contributed by atoms with Gasteiger partial charge in [-0.05, 0) is 57.4 Å². The third-order valence-corrected chi connectivity index (χ3v) is 5.60. The van der Waals surface area contributed by atoms with Crippen molar-refractivity contribution in [1.29, 1.82) is 0 Å². The monoisotopic (exact) mass is 412 g/mol. The van der Waals surface area contributed by atoms with Crippen LogP contribution in [0.4, 0.5) is 9.52 Å². The van der Waals surface area contributed by atoms with Crippen molar-refractivity contribution in [3.63, 3.8) is 0 Å². The van der Waals surface area contributed by atoms with Gasteiger partial charge in [0.1, 0.15) is 17.9 Å². The molecule has 7 nitrogen and oxygen atoms in total. The molecule has 0 unspecified atom stereocenters. The molecule has 9 heteroatoms. The zero-order chi connectivity index (χ0) is 20.4. The van der Waals surface area contributed by atoms with Crippen LogP contribution in [0.5, 0.6) is 0 Å². The Morgan fingerprint density at radius 1 is 1.14 bits per heavy atom. The van der Waals surface area contributed by atoms with Gasteiger partial charge in [0.15, 0.2) is 5.13 Å². The maximum absolute atomic E-state index is 13.6. The van der Waals surface area contributed by atoms with Crippen LogP contribution in [0.25, 0.3) is 21.3 Å². The number of hydrogen-bond donors (Lipinski definition) is 0. The zero-order valence-electron chi connectivity index (χ0n) is 16.2. The zero-order valence-corrected chi connectivity index (χ0v) is 17.1. The Hall–Kier alpha value is -2.91. The summed E-state index contributed by atoms with van der Waals surface area (Å²) in [7, 11) is 3.99. The number of rotatable bonds is 7. The first kappa shape index (κ1) is 19.4. The van der Waals surface area contributed by atoms with E-state index >= 15 is 0 Å². The first-order valence-electron chi connectivity index (χ1n) is 9.31. The van der Waals surface area contributed by atoms with E-state index in [1.165, 1.54) is 23.5 Å². The summed E-state index contributed by atoms with van der Waals surface area (Å²) in [6.07, 6.45) is 0.793. The smallest absolute Gasteiger partial charge is 0.250 e. The Kier molecular flexibility index (Phi) is 5.50. The molecule has 0 saturated heterocycles. The number of para-hydroxylation sites is 1. The lowest BCUT2D eigenvalue weighted by Crippen LogP contribution is -2.36. The lowest BCUT2D eigenvalue weighted by Gasteiger charge is -2.21. The van der Waals surface area contributed by atoms with E-state index in [9.17, 15) is 9.18 Å². The summed E-state index contributed by atoms with van der Waals surface area (Å²) in [6, 6.07) is 12.0. The van der Waals surface area contributed by atoms with Crippen LogP contribution in [0.15, 0.2) is 42.5 Å². The van der Waals surface area contributed by atoms with Crippen molar-refractivity contribution in [2.45, 2.75) is 13.0 Å². The second-order valence-electron chi connectivity index (χ2n) is 7.05. The van der Waals surface area contributed by atoms with Gasteiger partial charge in [0.05, 0.1) is 15.7 Å². The van der Waals surface area contributed by atoms with E-state index in [0.29, 0.717) is 17.2 Å². The minimum absolute atomic E-state index is 0.0623. The molecule has 2 aromatic heterocycles. The SMILES string of the molecule is CN(C)CCCN(C(=O)Cn1nnc2ccccc21)c1nc2ccc(F)cc2s1. The van der Waals surface area contributed by atoms with Gasteiger partial charge in [0.25, 0.3) is 5.91 Å². The van der Waals surface area contributed by atoms with Crippen LogP contribution in [0.2, 0.25) is 0 Å². The summed E-state index contributed by atoms with van der Waals surface area (Å²) in [4.78, 5) is 21.5. The highest BCUT2D eigenvalue weighted by atomic mass is 32.1. The minimum Gasteiger partial charge on any atom is -0.309 e. The van der Waals surface area contributed by atoms with Crippen LogP contribution < -0.4 is 4.90 Å². The number of thiazole rings is 1. The highest BCUT2D eigenvalue weighted by molar-refractivity contribution is 7.22. The second-order valence-corrected chi connectivity index (χ2v) is 8.06. The van der Waals surface area contributed by atoms with Crippen LogP contribution in [0.3, 0.4) is 0 Å². The van der Waals surface area contributed by atoms with Crippen LogP contribution in [0.1, 0.15) is 6.42 Å². The summed E-state index contributed by atoms with van der Waals surface area (Å²) in [5, 5.41) is 8.80. The summed E-state index contributed by atoms with van der Waals surface area (Å²) >= 11 is 1.32. The average molecular weight is 412 g/mol. The van der Waals surface area contributed by atoms with Crippen LogP contribution in [0, 0.1) is 5.82 Å². The third kappa shape index (κ3) is 4.25. The van der Waals surface area contributed by atoms with Gasteiger partial charge >= 0.3 is 0 Å². The number of nitrogens with zero attached hydrogens (tertiary/aromatic N) is 6. The molecule has 150 valence electrons. The summed E-state index contributed by atoms with van der Waals surface area (Å²) in [6.45, 7) is 1.42. The Bertz CT molecular complexity index is 1150. The highest BCUT2D eigenvalue weighted by Gasteiger charge is 2.21. The van der Waals surface area contributed by atoms with Gasteiger partial charge in [-0.15, -0.1) is 5.10 Å². The normalized spacial score (nSPS) is 11.6. The molecule has 0 spiro atoms. The number of aromatic nitrogens is 4. The van der Waals surface area contributed by atoms with E-state index in [1.54, 1.807) is 15.6 Å². The number of hydrogen-bond acceptors (Lipinski definition) is 6. The molecule has 0 radical (unpaired) electrons. The maximum Gasteiger partial charge on any atom is 0.250 e. The predicted molar refractivity (Wildman–Crippen MR) is 113 cm³/mol. The summed E-state index contributed by atoms with van der Waals surface area (Å²) in [5.74, 6) is -0.439. The fourth-order valence-electron chi connectivity index (χ4n) is 3.12. The summed E-state index contributed by atoms with van der Waals surface area (Å²) < 4.78 is 15.9. The van der Waals surface area contributed by atoms with Gasteiger partial charge in [-0.3, -0.25) is 9.69 Å². The number of fused-ring (bicyclic) bond motifs is 2. The Labute approximate surface area is 171 Å². The average Bonchev–Trinajstić information content (AvgIpc) is 3.29. The molecule has 2 heterocycles. The van der Waals surface area contributed by atoms with Crippen LogP contribution in [-0.2, 0) is 11.3 Å². The fraction of sp³-hybridized carbons (Fsp3) is 0.300. The number of carbonyl (C=O) groups excluding carboxylic acids is 1. The van der Waals surface area contributed by atoms with Crippen molar-refractivity contribution in [2.24, 2.45) is 0 Å². The lowest BCUT2D eigenvalue weighted by atomic mass is 10.3. The van der Waals surface area contributed by atoms with Gasteiger partial charge in [0.2, 0.25) is 0 Å². The van der Waals surface area contributed by atoms with Crippen LogP contribution >= 0.6 is 11.3 Å². The van der Waals surface area contributed by atoms with E-state index < -0.39 is 0 Å². The first-order valence-corrected chi connectivity index (χ1v) is 10.1. The van der Waals surface area contributed by atoms with Gasteiger partial charge < -0.3 is 4.90 Å². The largest absolute Gasteiger partial charge is 0.309 e. The highest BCUT2D eigenvalue weighted by Crippen LogP contribution is 2.30. The van der Waals surface area contributed by atoms with Gasteiger partial charge in [-0.2, -0.15) is 0 Å². The molecule has 1 amide bonds. The van der Waals surface area contributed by atoms with Crippen molar-refractivity contribution < 1.29 is 9.18 Å². The first-order chi connectivity index (χ1) is 14.0. The fourth-order valence-corrected chi connectivity index (χ4v) is 4.16. The van der Waals surface area contributed by atoms with Gasteiger partial charge in [0, 0.05) is 6.54 Å². The number of carbonyl (C=O) groups is 1. The van der Waals surface area contributed by atoms with Crippen molar-refractivity contribution in [3.8, 4) is 0 Å². The molecule has 0 aliphatic heterocycles. The number of benzene rings is 2.